The molecule has 0 spiro atoms. The van der Waals surface area contributed by atoms with Crippen molar-refractivity contribution in [2.75, 3.05) is 19.8 Å². The van der Waals surface area contributed by atoms with Gasteiger partial charge in [-0.2, -0.15) is 0 Å². The summed E-state index contributed by atoms with van der Waals surface area (Å²) in [6.45, 7) is 8.05. The minimum absolute atomic E-state index is 0.00866. The number of rotatable bonds is 31. The van der Waals surface area contributed by atoms with Crippen molar-refractivity contribution >= 4 is 65.2 Å². The van der Waals surface area contributed by atoms with E-state index < -0.39 is 158 Å². The van der Waals surface area contributed by atoms with E-state index in [1.807, 2.05) is 5.32 Å². The first-order valence-electron chi connectivity index (χ1n) is 21.3. The van der Waals surface area contributed by atoms with Gasteiger partial charge in [-0.05, 0) is 58.3 Å². The van der Waals surface area contributed by atoms with Crippen molar-refractivity contribution in [2.24, 2.45) is 34.0 Å². The number of amides is 8. The molecule has 0 rings (SSSR count). The van der Waals surface area contributed by atoms with Crippen LogP contribution in [0.1, 0.15) is 80.6 Å². The lowest BCUT2D eigenvalue weighted by atomic mass is 9.99. The first kappa shape index (κ1) is 60.8. The molecular formula is C39H70N12O16. The number of hydrogen-bond acceptors (Lipinski definition) is 16. The molecule has 0 heterocycles. The maximum absolute atomic E-state index is 13.7. The topological polar surface area (TPSA) is 479 Å². The smallest absolute Gasteiger partial charge is 0.328 e. The highest BCUT2D eigenvalue weighted by Crippen LogP contribution is 2.11. The van der Waals surface area contributed by atoms with Crippen LogP contribution in [0.4, 0.5) is 0 Å². The summed E-state index contributed by atoms with van der Waals surface area (Å²) in [6, 6.07) is -14.0. The third-order valence-electron chi connectivity index (χ3n) is 9.70. The zero-order chi connectivity index (χ0) is 51.9. The minimum Gasteiger partial charge on any atom is -0.481 e. The van der Waals surface area contributed by atoms with Crippen molar-refractivity contribution in [3.05, 3.63) is 0 Å². The van der Waals surface area contributed by atoms with Crippen LogP contribution in [0.2, 0.25) is 0 Å². The van der Waals surface area contributed by atoms with E-state index in [1.165, 1.54) is 6.92 Å². The summed E-state index contributed by atoms with van der Waals surface area (Å²) in [6.07, 6.45) is -4.06. The second-order valence-corrected chi connectivity index (χ2v) is 16.5. The molecule has 0 fully saturated rings. The summed E-state index contributed by atoms with van der Waals surface area (Å²) in [5, 5.41) is 76.1. The lowest BCUT2D eigenvalue weighted by Gasteiger charge is -2.29. The predicted octanol–water partition coefficient (Wildman–Crippen LogP) is -7.34. The van der Waals surface area contributed by atoms with Gasteiger partial charge in [-0.25, -0.2) is 4.79 Å². The molecule has 0 aromatic carbocycles. The third-order valence-corrected chi connectivity index (χ3v) is 9.70. The van der Waals surface area contributed by atoms with Crippen LogP contribution in [-0.2, 0) is 47.9 Å². The fraction of sp³-hybridized carbons (Fsp3) is 0.718. The first-order chi connectivity index (χ1) is 31.1. The summed E-state index contributed by atoms with van der Waals surface area (Å²) < 4.78 is 0. The Labute approximate surface area is 386 Å². The molecule has 0 radical (unpaired) electrons. The number of aliphatic hydroxyl groups excluding tert-OH is 4. The molecule has 0 aliphatic carbocycles. The molecule has 0 aromatic heterocycles. The Morgan fingerprint density at radius 1 is 0.522 bits per heavy atom. The van der Waals surface area contributed by atoms with E-state index in [2.05, 4.69) is 42.2 Å². The molecule has 28 nitrogen and oxygen atoms in total. The zero-order valence-corrected chi connectivity index (χ0v) is 38.6. The molecule has 0 aromatic rings. The highest BCUT2D eigenvalue weighted by atomic mass is 16.4. The van der Waals surface area contributed by atoms with E-state index in [9.17, 15) is 73.5 Å². The van der Waals surface area contributed by atoms with E-state index in [1.54, 1.807) is 27.7 Å². The highest BCUT2D eigenvalue weighted by Gasteiger charge is 2.36. The number of aliphatic imine (C=N–C) groups is 1. The van der Waals surface area contributed by atoms with Gasteiger partial charge in [-0.3, -0.25) is 48.1 Å². The third kappa shape index (κ3) is 22.7. The fourth-order valence-electron chi connectivity index (χ4n) is 5.80. The van der Waals surface area contributed by atoms with Crippen LogP contribution in [-0.4, -0.2) is 182 Å². The average Bonchev–Trinajstić information content (AvgIpc) is 3.23. The molecule has 0 saturated heterocycles. The Hall–Kier alpha value is -6.23. The fourth-order valence-corrected chi connectivity index (χ4v) is 5.80. The molecule has 28 heteroatoms. The normalized spacial score (nSPS) is 16.1. The molecule has 0 unspecified atom stereocenters. The number of carboxylic acids is 2. The Morgan fingerprint density at radius 3 is 1.42 bits per heavy atom. The maximum atomic E-state index is 13.7. The minimum atomic E-state index is -1.85. The van der Waals surface area contributed by atoms with Crippen molar-refractivity contribution in [3.63, 3.8) is 0 Å². The van der Waals surface area contributed by atoms with Crippen molar-refractivity contribution in [3.8, 4) is 0 Å². The Morgan fingerprint density at radius 2 is 0.955 bits per heavy atom. The molecule has 0 saturated carbocycles. The molecular weight excluding hydrogens is 892 g/mol. The van der Waals surface area contributed by atoms with Crippen LogP contribution >= 0.6 is 0 Å². The quantitative estimate of drug-likeness (QED) is 0.0174. The Balaban J connectivity index is 6.16. The average molecular weight is 963 g/mol. The molecule has 8 amide bonds. The van der Waals surface area contributed by atoms with E-state index >= 15 is 0 Å². The summed E-state index contributed by atoms with van der Waals surface area (Å²) >= 11 is 0. The number of carboxylic acid groups (broad SMARTS) is 2. The molecule has 67 heavy (non-hydrogen) atoms. The first-order valence-corrected chi connectivity index (χ1v) is 21.3. The molecule has 0 aliphatic heterocycles. The number of nitrogens with two attached hydrogens (primary N) is 3. The highest BCUT2D eigenvalue weighted by molar-refractivity contribution is 5.98. The van der Waals surface area contributed by atoms with Crippen LogP contribution in [0.3, 0.4) is 0 Å². The van der Waals surface area contributed by atoms with E-state index in [4.69, 9.17) is 22.3 Å². The van der Waals surface area contributed by atoms with Gasteiger partial charge in [0.05, 0.1) is 25.4 Å². The Kier molecular flexibility index (Phi) is 27.3. The van der Waals surface area contributed by atoms with Gasteiger partial charge >= 0.3 is 11.9 Å². The second-order valence-electron chi connectivity index (χ2n) is 16.5. The predicted molar refractivity (Wildman–Crippen MR) is 235 cm³/mol. The van der Waals surface area contributed by atoms with E-state index in [-0.39, 0.29) is 37.7 Å². The second kappa shape index (κ2) is 30.1. The SMILES string of the molecule is CC(C)C[C@H](NC(=O)[C@@H](N)[C@@H](C)O)C(=O)N[C@H](C(=O)N[C@@H](CCCN=C(N)N)C(=O)N[C@@H](CO)C(=O)N[C@@H](C)C(=O)N[C@@H](CO)C(=O)N[C@@H](CCC(=O)O)C(=O)N[C@H](C(=O)O)[C@@H](C)O)C(C)C. The molecule has 11 atom stereocenters. The number of carbonyl (C=O) groups excluding carboxylic acids is 8. The molecule has 20 N–H and O–H groups in total. The van der Waals surface area contributed by atoms with Crippen molar-refractivity contribution in [1.29, 1.82) is 0 Å². The zero-order valence-electron chi connectivity index (χ0n) is 38.6. The number of hydrogen-bond donors (Lipinski definition) is 17. The summed E-state index contributed by atoms with van der Waals surface area (Å²) in [5.74, 6) is -12.2. The van der Waals surface area contributed by atoms with Gasteiger partial charge < -0.3 is 90.4 Å². The van der Waals surface area contributed by atoms with Crippen LogP contribution in [0.25, 0.3) is 0 Å². The van der Waals surface area contributed by atoms with E-state index in [0.29, 0.717) is 0 Å². The van der Waals surface area contributed by atoms with Crippen molar-refractivity contribution < 1.29 is 78.6 Å². The van der Waals surface area contributed by atoms with Crippen molar-refractivity contribution in [2.45, 2.75) is 147 Å². The van der Waals surface area contributed by atoms with Crippen molar-refractivity contribution in [1.82, 2.24) is 42.5 Å². The van der Waals surface area contributed by atoms with Crippen LogP contribution in [0.15, 0.2) is 4.99 Å². The summed E-state index contributed by atoms with van der Waals surface area (Å²) in [5.41, 5.74) is 16.5. The van der Waals surface area contributed by atoms with Gasteiger partial charge in [-0.1, -0.05) is 27.7 Å². The Bertz CT molecular complexity index is 1740. The van der Waals surface area contributed by atoms with Crippen LogP contribution in [0.5, 0.6) is 0 Å². The molecule has 382 valence electrons. The number of carbonyl (C=O) groups is 10. The number of nitrogens with zero attached hydrogens (tertiary/aromatic N) is 1. The van der Waals surface area contributed by atoms with Crippen LogP contribution in [0, 0.1) is 11.8 Å². The number of nitrogens with one attached hydrogen (secondary N) is 8. The molecule has 0 aliphatic rings. The van der Waals surface area contributed by atoms with Crippen LogP contribution < -0.4 is 59.7 Å². The van der Waals surface area contributed by atoms with E-state index in [0.717, 1.165) is 13.8 Å². The largest absolute Gasteiger partial charge is 0.481 e. The van der Waals surface area contributed by atoms with Gasteiger partial charge in [0.25, 0.3) is 0 Å². The molecule has 0 bridgehead atoms. The lowest BCUT2D eigenvalue weighted by Crippen LogP contribution is -2.61. The van der Waals surface area contributed by atoms with Gasteiger partial charge in [0, 0.05) is 13.0 Å². The van der Waals surface area contributed by atoms with Gasteiger partial charge in [0.15, 0.2) is 12.0 Å². The lowest BCUT2D eigenvalue weighted by molar-refractivity contribution is -0.145. The number of aliphatic hydroxyl groups is 4. The summed E-state index contributed by atoms with van der Waals surface area (Å²) in [7, 11) is 0. The monoisotopic (exact) mass is 963 g/mol. The van der Waals surface area contributed by atoms with Gasteiger partial charge in [0.1, 0.15) is 48.3 Å². The van der Waals surface area contributed by atoms with Gasteiger partial charge in [0.2, 0.25) is 47.3 Å². The number of aliphatic carboxylic acids is 2. The standard InChI is InChI=1S/C39H70N12O16/c1-16(2)13-23(47-36(64)27(40)19(6)54)33(61)50-28(17(3)4)37(65)46-21(9-8-12-43-39(41)42)31(59)49-24(14-52)34(62)44-18(5)30(58)48-25(15-53)35(63)45-22(10-11-26(56)57)32(60)51-29(20(7)55)38(66)67/h16-25,27-29,52-55H,8-15,40H2,1-7H3,(H,44,62)(H,45,63)(H,46,65)(H,47,64)(H,48,58)(H,49,59)(H,50,61)(H,51,60)(H,56,57)(H,66,67)(H4,41,42,43)/t18-,19+,20+,21-,22-,23-,24-,25-,27-,28-,29-/m0/s1. The maximum Gasteiger partial charge on any atom is 0.328 e. The summed E-state index contributed by atoms with van der Waals surface area (Å²) in [4.78, 5) is 132. The number of guanidine groups is 1. The van der Waals surface area contributed by atoms with Gasteiger partial charge in [-0.15, -0.1) is 0 Å².